The maximum Gasteiger partial charge on any atom is 0.0543 e. The highest BCUT2D eigenvalue weighted by atomic mass is 32.1. The number of para-hydroxylation sites is 1. The molecule has 0 atom stereocenters. The largest absolute Gasteiger partial charge is 0.309 e. The first kappa shape index (κ1) is 16.8. The van der Waals surface area contributed by atoms with Crippen molar-refractivity contribution in [2.75, 3.05) is 0 Å². The normalized spacial score (nSPS) is 11.9. The van der Waals surface area contributed by atoms with Crippen molar-refractivity contribution in [1.82, 2.24) is 4.57 Å². The Kier molecular flexibility index (Phi) is 3.60. The van der Waals surface area contributed by atoms with Gasteiger partial charge in [-0.05, 0) is 54.8 Å². The van der Waals surface area contributed by atoms with E-state index in [0.29, 0.717) is 0 Å². The van der Waals surface area contributed by atoms with E-state index in [0.717, 1.165) is 6.42 Å². The Hall–Kier alpha value is -3.10. The summed E-state index contributed by atoms with van der Waals surface area (Å²) in [6.07, 6.45) is 1.04. The van der Waals surface area contributed by atoms with Gasteiger partial charge < -0.3 is 4.57 Å². The van der Waals surface area contributed by atoms with E-state index >= 15 is 0 Å². The zero-order valence-corrected chi connectivity index (χ0v) is 17.4. The highest BCUT2D eigenvalue weighted by Crippen LogP contribution is 2.40. The third-order valence-electron chi connectivity index (χ3n) is 6.08. The van der Waals surface area contributed by atoms with E-state index in [9.17, 15) is 0 Å². The van der Waals surface area contributed by atoms with E-state index in [1.165, 1.54) is 58.8 Å². The van der Waals surface area contributed by atoms with Crippen LogP contribution in [-0.2, 0) is 6.42 Å². The lowest BCUT2D eigenvalue weighted by Crippen LogP contribution is -1.95. The predicted octanol–water partition coefficient (Wildman–Crippen LogP) is 8.02. The summed E-state index contributed by atoms with van der Waals surface area (Å²) in [5.74, 6) is 0. The second-order valence-electron chi connectivity index (χ2n) is 7.75. The molecule has 0 aliphatic rings. The van der Waals surface area contributed by atoms with Crippen LogP contribution in [0.1, 0.15) is 18.1 Å². The van der Waals surface area contributed by atoms with Gasteiger partial charge in [0.1, 0.15) is 0 Å². The molecule has 0 saturated carbocycles. The number of hydrogen-bond donors (Lipinski definition) is 0. The fraction of sp³-hybridized carbons (Fsp3) is 0.111. The minimum Gasteiger partial charge on any atom is -0.309 e. The van der Waals surface area contributed by atoms with Crippen LogP contribution in [-0.4, -0.2) is 4.57 Å². The van der Waals surface area contributed by atoms with Gasteiger partial charge in [-0.2, -0.15) is 0 Å². The highest BCUT2D eigenvalue weighted by Gasteiger charge is 2.16. The summed E-state index contributed by atoms with van der Waals surface area (Å²) in [7, 11) is 0. The molecule has 4 aromatic carbocycles. The number of benzene rings is 4. The molecule has 2 aromatic heterocycles. The van der Waals surface area contributed by atoms with E-state index in [1.54, 1.807) is 0 Å². The molecule has 0 aliphatic heterocycles. The second-order valence-corrected chi connectivity index (χ2v) is 8.81. The molecule has 2 heterocycles. The third kappa shape index (κ3) is 2.33. The Balaban J connectivity index is 1.80. The summed E-state index contributed by atoms with van der Waals surface area (Å²) in [6.45, 7) is 4.48. The van der Waals surface area contributed by atoms with Crippen molar-refractivity contribution in [2.24, 2.45) is 0 Å². The number of aromatic nitrogens is 1. The average molecular weight is 392 g/mol. The topological polar surface area (TPSA) is 4.93 Å². The first-order valence-corrected chi connectivity index (χ1v) is 11.0. The molecular formula is C27H21NS. The molecular weight excluding hydrogens is 370 g/mol. The Bertz CT molecular complexity index is 1550. The first-order valence-electron chi connectivity index (χ1n) is 10.2. The van der Waals surface area contributed by atoms with E-state index < -0.39 is 0 Å². The average Bonchev–Trinajstić information content (AvgIpc) is 3.29. The Morgan fingerprint density at radius 3 is 2.38 bits per heavy atom. The molecule has 29 heavy (non-hydrogen) atoms. The van der Waals surface area contributed by atoms with Crippen LogP contribution in [0.15, 0.2) is 78.9 Å². The standard InChI is InChI=1S/C27H21NS/c1-3-18-15-19(16-22-20-10-5-7-14-25(20)29-27(18)22)28-23-12-6-4-11-21(23)26-17(2)9-8-13-24(26)28/h4-16H,3H2,1-2H3. The van der Waals surface area contributed by atoms with Crippen molar-refractivity contribution in [3.05, 3.63) is 90.0 Å². The molecule has 6 aromatic rings. The minimum atomic E-state index is 1.04. The smallest absolute Gasteiger partial charge is 0.0543 e. The van der Waals surface area contributed by atoms with Gasteiger partial charge in [-0.3, -0.25) is 0 Å². The van der Waals surface area contributed by atoms with Crippen molar-refractivity contribution >= 4 is 53.3 Å². The Morgan fingerprint density at radius 2 is 1.52 bits per heavy atom. The maximum absolute atomic E-state index is 2.45. The van der Waals surface area contributed by atoms with Gasteiger partial charge in [-0.1, -0.05) is 55.5 Å². The second kappa shape index (κ2) is 6.20. The van der Waals surface area contributed by atoms with Crippen LogP contribution in [0.5, 0.6) is 0 Å². The Labute approximate surface area is 173 Å². The molecule has 0 N–H and O–H groups in total. The van der Waals surface area contributed by atoms with Crippen molar-refractivity contribution in [3.8, 4) is 5.69 Å². The lowest BCUT2D eigenvalue weighted by molar-refractivity contribution is 1.13. The molecule has 0 radical (unpaired) electrons. The van der Waals surface area contributed by atoms with E-state index in [4.69, 9.17) is 0 Å². The molecule has 6 rings (SSSR count). The highest BCUT2D eigenvalue weighted by molar-refractivity contribution is 7.26. The van der Waals surface area contributed by atoms with Gasteiger partial charge >= 0.3 is 0 Å². The van der Waals surface area contributed by atoms with Crippen molar-refractivity contribution in [2.45, 2.75) is 20.3 Å². The number of thiophene rings is 1. The number of fused-ring (bicyclic) bond motifs is 6. The van der Waals surface area contributed by atoms with Crippen LogP contribution in [0.3, 0.4) is 0 Å². The van der Waals surface area contributed by atoms with Gasteiger partial charge in [-0.25, -0.2) is 0 Å². The predicted molar refractivity (Wildman–Crippen MR) is 128 cm³/mol. The van der Waals surface area contributed by atoms with Crippen LogP contribution < -0.4 is 0 Å². The van der Waals surface area contributed by atoms with Gasteiger partial charge in [0, 0.05) is 36.6 Å². The first-order chi connectivity index (χ1) is 14.3. The number of rotatable bonds is 2. The molecule has 1 nitrogen and oxygen atoms in total. The maximum atomic E-state index is 2.45. The molecule has 0 saturated heterocycles. The van der Waals surface area contributed by atoms with E-state index in [1.807, 2.05) is 11.3 Å². The number of aryl methyl sites for hydroxylation is 2. The summed E-state index contributed by atoms with van der Waals surface area (Å²) in [4.78, 5) is 0. The van der Waals surface area contributed by atoms with Crippen LogP contribution in [0.2, 0.25) is 0 Å². The summed E-state index contributed by atoms with van der Waals surface area (Å²) >= 11 is 1.92. The molecule has 2 heteroatoms. The fourth-order valence-electron chi connectivity index (χ4n) is 4.75. The zero-order chi connectivity index (χ0) is 19.5. The zero-order valence-electron chi connectivity index (χ0n) is 16.6. The molecule has 0 bridgehead atoms. The molecule has 140 valence electrons. The lowest BCUT2D eigenvalue weighted by Gasteiger charge is -2.11. The van der Waals surface area contributed by atoms with Crippen LogP contribution in [0, 0.1) is 6.92 Å². The third-order valence-corrected chi connectivity index (χ3v) is 7.35. The van der Waals surface area contributed by atoms with Crippen LogP contribution in [0.4, 0.5) is 0 Å². The van der Waals surface area contributed by atoms with Gasteiger partial charge in [0.15, 0.2) is 0 Å². The molecule has 0 amide bonds. The van der Waals surface area contributed by atoms with Gasteiger partial charge in [0.2, 0.25) is 0 Å². The Morgan fingerprint density at radius 1 is 0.759 bits per heavy atom. The van der Waals surface area contributed by atoms with Gasteiger partial charge in [0.05, 0.1) is 11.0 Å². The van der Waals surface area contributed by atoms with Crippen LogP contribution in [0.25, 0.3) is 47.7 Å². The van der Waals surface area contributed by atoms with Crippen molar-refractivity contribution < 1.29 is 0 Å². The number of nitrogens with zero attached hydrogens (tertiary/aromatic N) is 1. The fourth-order valence-corrected chi connectivity index (χ4v) is 6.02. The van der Waals surface area contributed by atoms with Crippen molar-refractivity contribution in [1.29, 1.82) is 0 Å². The minimum absolute atomic E-state index is 1.04. The summed E-state index contributed by atoms with van der Waals surface area (Å²) in [6, 6.07) is 29.0. The van der Waals surface area contributed by atoms with Gasteiger partial charge in [-0.15, -0.1) is 11.3 Å². The van der Waals surface area contributed by atoms with Crippen LogP contribution >= 0.6 is 11.3 Å². The molecule has 0 aliphatic carbocycles. The summed E-state index contributed by atoms with van der Waals surface area (Å²) < 4.78 is 5.24. The molecule has 0 fully saturated rings. The molecule has 0 unspecified atom stereocenters. The van der Waals surface area contributed by atoms with E-state index in [-0.39, 0.29) is 0 Å². The summed E-state index contributed by atoms with van der Waals surface area (Å²) in [5, 5.41) is 5.42. The number of hydrogen-bond acceptors (Lipinski definition) is 1. The quantitative estimate of drug-likeness (QED) is 0.281. The SMILES string of the molecule is CCc1cc(-n2c3ccccc3c3c(C)cccc32)cc2c1sc1ccccc12. The van der Waals surface area contributed by atoms with Gasteiger partial charge in [0.25, 0.3) is 0 Å². The monoisotopic (exact) mass is 391 g/mol. The lowest BCUT2D eigenvalue weighted by atomic mass is 10.1. The van der Waals surface area contributed by atoms with Crippen molar-refractivity contribution in [3.63, 3.8) is 0 Å². The summed E-state index contributed by atoms with van der Waals surface area (Å²) in [5.41, 5.74) is 6.58. The molecule has 0 spiro atoms. The van der Waals surface area contributed by atoms with E-state index in [2.05, 4.69) is 97.3 Å².